The van der Waals surface area contributed by atoms with E-state index < -0.39 is 29.8 Å². The van der Waals surface area contributed by atoms with E-state index in [9.17, 15) is 14.4 Å². The molecule has 8 nitrogen and oxygen atoms in total. The molecule has 0 saturated carbocycles. The van der Waals surface area contributed by atoms with E-state index in [0.717, 1.165) is 10.5 Å². The van der Waals surface area contributed by atoms with E-state index in [4.69, 9.17) is 23.2 Å². The zero-order chi connectivity index (χ0) is 20.7. The van der Waals surface area contributed by atoms with E-state index in [1.165, 1.54) is 11.1 Å². The third-order valence-electron chi connectivity index (χ3n) is 4.70. The van der Waals surface area contributed by atoms with E-state index in [1.54, 1.807) is 36.4 Å². The molecule has 3 amide bonds. The number of hydrogen-bond donors (Lipinski definition) is 1. The van der Waals surface area contributed by atoms with E-state index >= 15 is 0 Å². The van der Waals surface area contributed by atoms with Gasteiger partial charge in [-0.1, -0.05) is 40.6 Å². The molecule has 0 aliphatic carbocycles. The number of halogens is 2. The minimum absolute atomic E-state index is 0.237. The third-order valence-corrected chi connectivity index (χ3v) is 5.17. The van der Waals surface area contributed by atoms with Crippen LogP contribution in [-0.4, -0.2) is 41.4 Å². The summed E-state index contributed by atoms with van der Waals surface area (Å²) >= 11 is 11.9. The molecule has 10 heteroatoms. The molecule has 0 aromatic heterocycles. The van der Waals surface area contributed by atoms with Crippen molar-refractivity contribution < 1.29 is 14.4 Å². The van der Waals surface area contributed by atoms with Gasteiger partial charge in [-0.2, -0.15) is 5.11 Å². The molecule has 1 N–H and O–H groups in total. The number of nitrogens with zero attached hydrogens (tertiary/aromatic N) is 4. The quantitative estimate of drug-likeness (QED) is 0.751. The number of rotatable bonds is 4. The van der Waals surface area contributed by atoms with E-state index in [2.05, 4.69) is 15.7 Å². The van der Waals surface area contributed by atoms with Crippen LogP contribution in [0.15, 0.2) is 52.8 Å². The monoisotopic (exact) mass is 431 g/mol. The highest BCUT2D eigenvalue weighted by atomic mass is 35.5. The van der Waals surface area contributed by atoms with Gasteiger partial charge in [0.2, 0.25) is 5.91 Å². The minimum atomic E-state index is -0.984. The van der Waals surface area contributed by atoms with Gasteiger partial charge in [-0.05, 0) is 42.8 Å². The lowest BCUT2D eigenvalue weighted by Crippen LogP contribution is -2.43. The maximum Gasteiger partial charge on any atom is 0.263 e. The van der Waals surface area contributed by atoms with Crippen LogP contribution in [0.4, 0.5) is 11.4 Å². The third kappa shape index (κ3) is 3.56. The normalized spacial score (nSPS) is 20.4. The molecular weight excluding hydrogens is 417 g/mol. The van der Waals surface area contributed by atoms with Gasteiger partial charge in [-0.25, -0.2) is 4.90 Å². The van der Waals surface area contributed by atoms with Crippen molar-refractivity contribution in [1.29, 1.82) is 0 Å². The summed E-state index contributed by atoms with van der Waals surface area (Å²) in [4.78, 5) is 39.1. The lowest BCUT2D eigenvalue weighted by molar-refractivity contribution is -0.123. The number of nitrogens with one attached hydrogen (secondary N) is 1. The van der Waals surface area contributed by atoms with Gasteiger partial charge in [0.1, 0.15) is 6.54 Å². The maximum absolute atomic E-state index is 12.9. The van der Waals surface area contributed by atoms with Crippen molar-refractivity contribution in [2.45, 2.75) is 19.0 Å². The number of carbonyl (C=O) groups excluding carboxylic acids is 3. The standard InChI is InChI=1S/C19H15Cl2N5O3/c1-10-5-6-12(21)8-14(10)22-15(27)9-25-17-16(23-24-25)18(28)26(19(17)29)13-4-2-3-11(20)7-13/h2-8,16-17H,9H2,1H3,(H,22,27)/t16-,17+/m1/s1. The average Bonchev–Trinajstić information content (AvgIpc) is 3.18. The Balaban J connectivity index is 1.50. The molecule has 2 aliphatic rings. The minimum Gasteiger partial charge on any atom is -0.324 e. The fourth-order valence-corrected chi connectivity index (χ4v) is 3.65. The molecule has 1 fully saturated rings. The van der Waals surface area contributed by atoms with Crippen molar-refractivity contribution in [1.82, 2.24) is 5.01 Å². The van der Waals surface area contributed by atoms with E-state index in [1.807, 2.05) is 6.92 Å². The molecule has 4 rings (SSSR count). The topological polar surface area (TPSA) is 94.4 Å². The molecule has 0 unspecified atom stereocenters. The smallest absolute Gasteiger partial charge is 0.263 e. The summed E-state index contributed by atoms with van der Waals surface area (Å²) in [6.07, 6.45) is 0. The van der Waals surface area contributed by atoms with Gasteiger partial charge in [0, 0.05) is 15.7 Å². The second-order valence-electron chi connectivity index (χ2n) is 6.69. The van der Waals surface area contributed by atoms with Gasteiger partial charge in [0.05, 0.1) is 5.69 Å². The Morgan fingerprint density at radius 1 is 1.10 bits per heavy atom. The Bertz CT molecular complexity index is 1060. The summed E-state index contributed by atoms with van der Waals surface area (Å²) in [6.45, 7) is 1.60. The van der Waals surface area contributed by atoms with Crippen LogP contribution in [0.25, 0.3) is 0 Å². The number of imide groups is 1. The Morgan fingerprint density at radius 3 is 2.62 bits per heavy atom. The molecule has 2 atom stereocenters. The van der Waals surface area contributed by atoms with E-state index in [0.29, 0.717) is 21.4 Å². The van der Waals surface area contributed by atoms with Crippen molar-refractivity contribution in [3.05, 3.63) is 58.1 Å². The SMILES string of the molecule is Cc1ccc(Cl)cc1NC(=O)CN1N=N[C@H]2C(=O)N(c3cccc(Cl)c3)C(=O)[C@H]21. The maximum atomic E-state index is 12.9. The molecule has 2 aliphatic heterocycles. The second kappa shape index (κ2) is 7.46. The molecule has 2 aromatic carbocycles. The summed E-state index contributed by atoms with van der Waals surface area (Å²) < 4.78 is 0. The number of fused-ring (bicyclic) bond motifs is 1. The van der Waals surface area contributed by atoms with Gasteiger partial charge < -0.3 is 5.32 Å². The highest BCUT2D eigenvalue weighted by Gasteiger charge is 2.55. The highest BCUT2D eigenvalue weighted by Crippen LogP contribution is 2.32. The van der Waals surface area contributed by atoms with Gasteiger partial charge in [-0.3, -0.25) is 19.4 Å². The van der Waals surface area contributed by atoms with Gasteiger partial charge in [-0.15, -0.1) is 0 Å². The van der Waals surface area contributed by atoms with Gasteiger partial charge in [0.15, 0.2) is 12.1 Å². The van der Waals surface area contributed by atoms with Gasteiger partial charge in [0.25, 0.3) is 11.8 Å². The Hall–Kier alpha value is -2.97. The number of benzene rings is 2. The number of carbonyl (C=O) groups is 3. The molecular formula is C19H15Cl2N5O3. The largest absolute Gasteiger partial charge is 0.324 e. The van der Waals surface area contributed by atoms with Crippen LogP contribution in [-0.2, 0) is 14.4 Å². The average molecular weight is 432 g/mol. The summed E-state index contributed by atoms with van der Waals surface area (Å²) in [5.41, 5.74) is 1.75. The molecule has 2 aromatic rings. The van der Waals surface area contributed by atoms with Crippen LogP contribution < -0.4 is 10.2 Å². The first kappa shape index (κ1) is 19.4. The number of amides is 3. The van der Waals surface area contributed by atoms with Gasteiger partial charge >= 0.3 is 0 Å². The molecule has 148 valence electrons. The zero-order valence-electron chi connectivity index (χ0n) is 15.2. The first-order chi connectivity index (χ1) is 13.8. The number of hydrogen-bond acceptors (Lipinski definition) is 6. The number of anilines is 2. The van der Waals surface area contributed by atoms with Crippen molar-refractivity contribution in [2.24, 2.45) is 10.3 Å². The Morgan fingerprint density at radius 2 is 1.86 bits per heavy atom. The van der Waals surface area contributed by atoms with Crippen LogP contribution in [0, 0.1) is 6.92 Å². The zero-order valence-corrected chi connectivity index (χ0v) is 16.7. The summed E-state index contributed by atoms with van der Waals surface area (Å²) in [6, 6.07) is 9.61. The Kier molecular flexibility index (Phi) is 4.97. The lowest BCUT2D eigenvalue weighted by Gasteiger charge is -2.20. The first-order valence-electron chi connectivity index (χ1n) is 8.72. The second-order valence-corrected chi connectivity index (χ2v) is 7.56. The van der Waals surface area contributed by atoms with Crippen molar-refractivity contribution in [3.63, 3.8) is 0 Å². The summed E-state index contributed by atoms with van der Waals surface area (Å²) in [5, 5.41) is 12.6. The van der Waals surface area contributed by atoms with Crippen LogP contribution >= 0.6 is 23.2 Å². The fourth-order valence-electron chi connectivity index (χ4n) is 3.29. The number of aryl methyl sites for hydroxylation is 1. The highest BCUT2D eigenvalue weighted by molar-refractivity contribution is 6.32. The van der Waals surface area contributed by atoms with Crippen LogP contribution in [0.3, 0.4) is 0 Å². The van der Waals surface area contributed by atoms with Crippen LogP contribution in [0.1, 0.15) is 5.56 Å². The lowest BCUT2D eigenvalue weighted by atomic mass is 10.1. The molecule has 0 radical (unpaired) electrons. The fraction of sp³-hybridized carbons (Fsp3) is 0.211. The predicted molar refractivity (Wildman–Crippen MR) is 108 cm³/mol. The summed E-state index contributed by atoms with van der Waals surface area (Å²) in [7, 11) is 0. The molecule has 2 heterocycles. The van der Waals surface area contributed by atoms with Crippen molar-refractivity contribution in [3.8, 4) is 0 Å². The molecule has 0 spiro atoms. The molecule has 1 saturated heterocycles. The molecule has 29 heavy (non-hydrogen) atoms. The summed E-state index contributed by atoms with van der Waals surface area (Å²) in [5.74, 6) is -1.41. The Labute approximate surface area is 176 Å². The predicted octanol–water partition coefficient (Wildman–Crippen LogP) is 3.23. The van der Waals surface area contributed by atoms with Crippen LogP contribution in [0.2, 0.25) is 10.0 Å². The van der Waals surface area contributed by atoms with Crippen LogP contribution in [0.5, 0.6) is 0 Å². The van der Waals surface area contributed by atoms with E-state index in [-0.39, 0.29) is 6.54 Å². The van der Waals surface area contributed by atoms with Crippen molar-refractivity contribution >= 4 is 52.3 Å². The first-order valence-corrected chi connectivity index (χ1v) is 9.47. The van der Waals surface area contributed by atoms with Crippen molar-refractivity contribution in [2.75, 3.05) is 16.8 Å². The molecule has 0 bridgehead atoms.